The Morgan fingerprint density at radius 2 is 2.35 bits per heavy atom. The Kier molecular flexibility index (Phi) is 4.15. The van der Waals surface area contributed by atoms with Crippen LogP contribution in [-0.2, 0) is 11.2 Å². The summed E-state index contributed by atoms with van der Waals surface area (Å²) in [7, 11) is 0. The fourth-order valence-electron chi connectivity index (χ4n) is 2.17. The zero-order valence-electron chi connectivity index (χ0n) is 10.3. The number of hydrogen-bond donors (Lipinski definition) is 2. The number of anilines is 1. The van der Waals surface area contributed by atoms with Crippen LogP contribution < -0.4 is 10.6 Å². The molecule has 3 nitrogen and oxygen atoms in total. The zero-order chi connectivity index (χ0) is 12.1. The van der Waals surface area contributed by atoms with Crippen molar-refractivity contribution in [3.05, 3.63) is 29.8 Å². The molecule has 17 heavy (non-hydrogen) atoms. The van der Waals surface area contributed by atoms with Crippen molar-refractivity contribution >= 4 is 11.6 Å². The van der Waals surface area contributed by atoms with Crippen LogP contribution in [0.5, 0.6) is 0 Å². The van der Waals surface area contributed by atoms with Crippen molar-refractivity contribution in [2.45, 2.75) is 38.6 Å². The summed E-state index contributed by atoms with van der Waals surface area (Å²) in [4.78, 5) is 12.0. The molecule has 0 aliphatic carbocycles. The maximum Gasteiger partial charge on any atom is 0.241 e. The molecule has 1 atom stereocenters. The van der Waals surface area contributed by atoms with E-state index in [1.807, 2.05) is 18.2 Å². The van der Waals surface area contributed by atoms with Crippen LogP contribution in [0.1, 0.15) is 31.7 Å². The third-order valence-electron chi connectivity index (χ3n) is 3.23. The highest BCUT2D eigenvalue weighted by Gasteiger charge is 2.20. The molecule has 0 aromatic heterocycles. The summed E-state index contributed by atoms with van der Waals surface area (Å²) in [5, 5.41) is 6.24. The Labute approximate surface area is 103 Å². The van der Waals surface area contributed by atoms with Gasteiger partial charge < -0.3 is 10.6 Å². The van der Waals surface area contributed by atoms with E-state index in [1.165, 1.54) is 12.0 Å². The average molecular weight is 232 g/mol. The molecule has 1 fully saturated rings. The molecule has 1 aromatic rings. The molecule has 0 radical (unpaired) electrons. The molecule has 3 heteroatoms. The van der Waals surface area contributed by atoms with Crippen LogP contribution in [0.3, 0.4) is 0 Å². The monoisotopic (exact) mass is 232 g/mol. The predicted octanol–water partition coefficient (Wildman–Crippen LogP) is 2.33. The summed E-state index contributed by atoms with van der Waals surface area (Å²) in [5.41, 5.74) is 2.15. The Hall–Kier alpha value is -1.35. The maximum atomic E-state index is 12.0. The minimum Gasteiger partial charge on any atom is -0.325 e. The molecule has 1 saturated heterocycles. The van der Waals surface area contributed by atoms with Crippen LogP contribution in [0.4, 0.5) is 5.69 Å². The van der Waals surface area contributed by atoms with Crippen molar-refractivity contribution in [1.29, 1.82) is 0 Å². The summed E-state index contributed by atoms with van der Waals surface area (Å²) in [6.45, 7) is 3.07. The normalized spacial score (nSPS) is 19.9. The van der Waals surface area contributed by atoms with E-state index >= 15 is 0 Å². The van der Waals surface area contributed by atoms with Gasteiger partial charge in [0.05, 0.1) is 6.04 Å². The molecule has 0 saturated carbocycles. The SMILES string of the molecule is CCc1cccc(NC(=O)[C@H]2CCCCN2)c1. The van der Waals surface area contributed by atoms with Gasteiger partial charge in [-0.3, -0.25) is 4.79 Å². The summed E-state index contributed by atoms with van der Waals surface area (Å²) >= 11 is 0. The third kappa shape index (κ3) is 3.30. The van der Waals surface area contributed by atoms with E-state index in [9.17, 15) is 4.79 Å². The second-order valence-corrected chi connectivity index (χ2v) is 4.55. The van der Waals surface area contributed by atoms with E-state index in [1.54, 1.807) is 0 Å². The zero-order valence-corrected chi connectivity index (χ0v) is 10.3. The second-order valence-electron chi connectivity index (χ2n) is 4.55. The fraction of sp³-hybridized carbons (Fsp3) is 0.500. The molecule has 1 aliphatic rings. The van der Waals surface area contributed by atoms with Crippen LogP contribution in [0.15, 0.2) is 24.3 Å². The first-order chi connectivity index (χ1) is 8.29. The van der Waals surface area contributed by atoms with Gasteiger partial charge in [0.2, 0.25) is 5.91 Å². The van der Waals surface area contributed by atoms with Crippen molar-refractivity contribution in [1.82, 2.24) is 5.32 Å². The van der Waals surface area contributed by atoms with E-state index in [0.717, 1.165) is 31.5 Å². The lowest BCUT2D eigenvalue weighted by Crippen LogP contribution is -2.43. The molecule has 0 unspecified atom stereocenters. The van der Waals surface area contributed by atoms with E-state index in [-0.39, 0.29) is 11.9 Å². The summed E-state index contributed by atoms with van der Waals surface area (Å²) in [5.74, 6) is 0.0953. The molecule has 92 valence electrons. The highest BCUT2D eigenvalue weighted by atomic mass is 16.2. The van der Waals surface area contributed by atoms with Gasteiger partial charge in [-0.05, 0) is 43.5 Å². The van der Waals surface area contributed by atoms with Gasteiger partial charge in [-0.15, -0.1) is 0 Å². The largest absolute Gasteiger partial charge is 0.325 e. The summed E-state index contributed by atoms with van der Waals surface area (Å²) in [6, 6.07) is 8.03. The van der Waals surface area contributed by atoms with Crippen molar-refractivity contribution < 1.29 is 4.79 Å². The number of nitrogens with one attached hydrogen (secondary N) is 2. The van der Waals surface area contributed by atoms with Crippen LogP contribution in [-0.4, -0.2) is 18.5 Å². The van der Waals surface area contributed by atoms with E-state index in [4.69, 9.17) is 0 Å². The number of hydrogen-bond acceptors (Lipinski definition) is 2. The van der Waals surface area contributed by atoms with Crippen LogP contribution in [0.2, 0.25) is 0 Å². The first-order valence-corrected chi connectivity index (χ1v) is 6.43. The second kappa shape index (κ2) is 5.82. The van der Waals surface area contributed by atoms with Crippen LogP contribution >= 0.6 is 0 Å². The van der Waals surface area contributed by atoms with Gasteiger partial charge in [-0.2, -0.15) is 0 Å². The van der Waals surface area contributed by atoms with Gasteiger partial charge in [-0.1, -0.05) is 25.5 Å². The Morgan fingerprint density at radius 1 is 1.47 bits per heavy atom. The molecule has 0 bridgehead atoms. The van der Waals surface area contributed by atoms with Gasteiger partial charge in [-0.25, -0.2) is 0 Å². The topological polar surface area (TPSA) is 41.1 Å². The lowest BCUT2D eigenvalue weighted by molar-refractivity contribution is -0.118. The van der Waals surface area contributed by atoms with Gasteiger partial charge in [0.25, 0.3) is 0 Å². The number of aryl methyl sites for hydroxylation is 1. The van der Waals surface area contributed by atoms with Gasteiger partial charge in [0, 0.05) is 5.69 Å². The number of piperidine rings is 1. The van der Waals surface area contributed by atoms with Gasteiger partial charge in [0.1, 0.15) is 0 Å². The van der Waals surface area contributed by atoms with Crippen molar-refractivity contribution in [3.8, 4) is 0 Å². The molecule has 2 N–H and O–H groups in total. The Bertz CT molecular complexity index is 384. The predicted molar refractivity (Wildman–Crippen MR) is 70.1 cm³/mol. The van der Waals surface area contributed by atoms with Crippen LogP contribution in [0.25, 0.3) is 0 Å². The van der Waals surface area contributed by atoms with Crippen molar-refractivity contribution in [2.75, 3.05) is 11.9 Å². The van der Waals surface area contributed by atoms with Crippen molar-refractivity contribution in [2.24, 2.45) is 0 Å². The summed E-state index contributed by atoms with van der Waals surface area (Å²) in [6.07, 6.45) is 4.25. The Morgan fingerprint density at radius 3 is 3.06 bits per heavy atom. The first-order valence-electron chi connectivity index (χ1n) is 6.43. The number of amides is 1. The maximum absolute atomic E-state index is 12.0. The molecule has 1 amide bonds. The van der Waals surface area contributed by atoms with Crippen LogP contribution in [0, 0.1) is 0 Å². The number of rotatable bonds is 3. The number of carbonyl (C=O) groups excluding carboxylic acids is 1. The van der Waals surface area contributed by atoms with E-state index in [2.05, 4.69) is 23.6 Å². The lowest BCUT2D eigenvalue weighted by Gasteiger charge is -2.22. The number of benzene rings is 1. The summed E-state index contributed by atoms with van der Waals surface area (Å²) < 4.78 is 0. The number of carbonyl (C=O) groups is 1. The highest BCUT2D eigenvalue weighted by molar-refractivity contribution is 5.94. The highest BCUT2D eigenvalue weighted by Crippen LogP contribution is 2.13. The first kappa shape index (κ1) is 12.1. The smallest absolute Gasteiger partial charge is 0.241 e. The molecule has 2 rings (SSSR count). The lowest BCUT2D eigenvalue weighted by atomic mass is 10.0. The molecule has 1 heterocycles. The van der Waals surface area contributed by atoms with Gasteiger partial charge >= 0.3 is 0 Å². The molecule has 0 spiro atoms. The minimum atomic E-state index is -0.0194. The van der Waals surface area contributed by atoms with E-state index < -0.39 is 0 Å². The van der Waals surface area contributed by atoms with Gasteiger partial charge in [0.15, 0.2) is 0 Å². The Balaban J connectivity index is 1.96. The molecule has 1 aliphatic heterocycles. The average Bonchev–Trinajstić information content (AvgIpc) is 2.40. The molecular weight excluding hydrogens is 212 g/mol. The standard InChI is InChI=1S/C14H20N2O/c1-2-11-6-5-7-12(10-11)16-14(17)13-8-3-4-9-15-13/h5-7,10,13,15H,2-4,8-9H2,1H3,(H,16,17)/t13-/m1/s1. The molecule has 1 aromatic carbocycles. The van der Waals surface area contributed by atoms with E-state index in [0.29, 0.717) is 0 Å². The third-order valence-corrected chi connectivity index (χ3v) is 3.23. The fourth-order valence-corrected chi connectivity index (χ4v) is 2.17. The van der Waals surface area contributed by atoms with Crippen molar-refractivity contribution in [3.63, 3.8) is 0 Å². The molecular formula is C14H20N2O. The quantitative estimate of drug-likeness (QED) is 0.839. The minimum absolute atomic E-state index is 0.0194.